The highest BCUT2D eigenvalue weighted by Crippen LogP contribution is 2.32. The Labute approximate surface area is 112 Å². The third-order valence-corrected chi connectivity index (χ3v) is 4.14. The van der Waals surface area contributed by atoms with E-state index in [4.69, 9.17) is 11.6 Å². The van der Waals surface area contributed by atoms with Gasteiger partial charge in [-0.3, -0.25) is 0 Å². The first-order valence-electron chi connectivity index (χ1n) is 6.00. The zero-order valence-electron chi connectivity index (χ0n) is 10.5. The zero-order valence-corrected chi connectivity index (χ0v) is 12.1. The molecule has 17 heavy (non-hydrogen) atoms. The van der Waals surface area contributed by atoms with Gasteiger partial charge in [0.1, 0.15) is 0 Å². The second kappa shape index (κ2) is 5.36. The molecule has 1 aromatic heterocycles. The van der Waals surface area contributed by atoms with Crippen LogP contribution in [0.2, 0.25) is 5.02 Å². The smallest absolute Gasteiger partial charge is 0.0502 e. The Morgan fingerprint density at radius 3 is 2.76 bits per heavy atom. The molecular weight excluding hydrogens is 250 g/mol. The van der Waals surface area contributed by atoms with E-state index in [9.17, 15) is 0 Å². The van der Waals surface area contributed by atoms with Crippen molar-refractivity contribution in [2.75, 3.05) is 5.75 Å². The third kappa shape index (κ3) is 2.48. The molecule has 0 spiro atoms. The molecule has 0 aliphatic carbocycles. The van der Waals surface area contributed by atoms with Gasteiger partial charge in [-0.2, -0.15) is 11.8 Å². The second-order valence-electron chi connectivity index (χ2n) is 4.43. The molecule has 2 aromatic rings. The summed E-state index contributed by atoms with van der Waals surface area (Å²) in [4.78, 5) is 0. The van der Waals surface area contributed by atoms with Gasteiger partial charge >= 0.3 is 0 Å². The summed E-state index contributed by atoms with van der Waals surface area (Å²) in [6.07, 6.45) is 2.25. The Morgan fingerprint density at radius 2 is 2.12 bits per heavy atom. The van der Waals surface area contributed by atoms with E-state index in [0.29, 0.717) is 6.04 Å². The minimum atomic E-state index is 0.469. The molecule has 3 heteroatoms. The fraction of sp³-hybridized carbons (Fsp3) is 0.429. The summed E-state index contributed by atoms with van der Waals surface area (Å²) in [5.74, 6) is 2.18. The highest BCUT2D eigenvalue weighted by Gasteiger charge is 2.12. The number of benzene rings is 1. The van der Waals surface area contributed by atoms with Crippen molar-refractivity contribution in [3.8, 4) is 0 Å². The standard InChI is InChI=1S/C14H18ClNS/c1-4-17-9-11-8-16(10(2)3)13-7-5-6-12(15)14(11)13/h5-8,10H,4,9H2,1-3H3. The Morgan fingerprint density at radius 1 is 1.35 bits per heavy atom. The van der Waals surface area contributed by atoms with Crippen molar-refractivity contribution in [3.63, 3.8) is 0 Å². The summed E-state index contributed by atoms with van der Waals surface area (Å²) in [6, 6.07) is 6.63. The Balaban J connectivity index is 2.59. The molecule has 1 nitrogen and oxygen atoms in total. The van der Waals surface area contributed by atoms with E-state index in [-0.39, 0.29) is 0 Å². The molecule has 92 valence electrons. The van der Waals surface area contributed by atoms with Crippen LogP contribution in [0.3, 0.4) is 0 Å². The van der Waals surface area contributed by atoms with Gasteiger partial charge in [-0.25, -0.2) is 0 Å². The van der Waals surface area contributed by atoms with Gasteiger partial charge in [-0.15, -0.1) is 0 Å². The number of halogens is 1. The maximum atomic E-state index is 6.34. The van der Waals surface area contributed by atoms with Gasteiger partial charge in [-0.1, -0.05) is 24.6 Å². The van der Waals surface area contributed by atoms with Crippen LogP contribution in [0.4, 0.5) is 0 Å². The Bertz CT molecular complexity index is 516. The summed E-state index contributed by atoms with van der Waals surface area (Å²) >= 11 is 8.27. The topological polar surface area (TPSA) is 4.93 Å². The maximum Gasteiger partial charge on any atom is 0.0502 e. The molecule has 0 aliphatic heterocycles. The van der Waals surface area contributed by atoms with E-state index >= 15 is 0 Å². The van der Waals surface area contributed by atoms with Crippen molar-refractivity contribution in [2.24, 2.45) is 0 Å². The quantitative estimate of drug-likeness (QED) is 0.744. The van der Waals surface area contributed by atoms with Crippen molar-refractivity contribution in [3.05, 3.63) is 35.0 Å². The van der Waals surface area contributed by atoms with E-state index in [2.05, 4.69) is 37.6 Å². The second-order valence-corrected chi connectivity index (χ2v) is 6.11. The van der Waals surface area contributed by atoms with Crippen molar-refractivity contribution in [1.29, 1.82) is 0 Å². The average Bonchev–Trinajstić information content (AvgIpc) is 2.67. The molecule has 0 N–H and O–H groups in total. The van der Waals surface area contributed by atoms with Gasteiger partial charge in [0.05, 0.1) is 10.5 Å². The maximum absolute atomic E-state index is 6.34. The van der Waals surface area contributed by atoms with Gasteiger partial charge in [0.15, 0.2) is 0 Å². The monoisotopic (exact) mass is 267 g/mol. The predicted molar refractivity (Wildman–Crippen MR) is 79.2 cm³/mol. The number of hydrogen-bond acceptors (Lipinski definition) is 1. The molecule has 0 fully saturated rings. The SMILES string of the molecule is CCSCc1cn(C(C)C)c2cccc(Cl)c12. The lowest BCUT2D eigenvalue weighted by Gasteiger charge is -2.08. The number of aromatic nitrogens is 1. The molecule has 0 saturated carbocycles. The van der Waals surface area contributed by atoms with Gasteiger partial charge in [-0.05, 0) is 37.3 Å². The average molecular weight is 268 g/mol. The Hall–Kier alpha value is -0.600. The first-order chi connectivity index (χ1) is 8.15. The molecule has 0 unspecified atom stereocenters. The van der Waals surface area contributed by atoms with E-state index in [1.807, 2.05) is 23.9 Å². The predicted octanol–water partition coefficient (Wildman–Crippen LogP) is 5.13. The minimum Gasteiger partial charge on any atom is -0.345 e. The van der Waals surface area contributed by atoms with Crippen LogP contribution in [0.15, 0.2) is 24.4 Å². The molecule has 0 bridgehead atoms. The molecule has 0 atom stereocenters. The summed E-state index contributed by atoms with van der Waals surface area (Å²) in [5, 5.41) is 2.09. The van der Waals surface area contributed by atoms with Crippen molar-refractivity contribution < 1.29 is 0 Å². The van der Waals surface area contributed by atoms with E-state index in [0.717, 1.165) is 16.5 Å². The normalized spacial score (nSPS) is 11.6. The number of rotatable bonds is 4. The van der Waals surface area contributed by atoms with Gasteiger partial charge < -0.3 is 4.57 Å². The van der Waals surface area contributed by atoms with Crippen LogP contribution in [-0.2, 0) is 5.75 Å². The zero-order chi connectivity index (χ0) is 12.4. The molecule has 1 heterocycles. The van der Waals surface area contributed by atoms with Gasteiger partial charge in [0.2, 0.25) is 0 Å². The van der Waals surface area contributed by atoms with E-state index in [1.54, 1.807) is 0 Å². The lowest BCUT2D eigenvalue weighted by Crippen LogP contribution is -1.97. The first kappa shape index (κ1) is 12.8. The molecule has 0 saturated heterocycles. The van der Waals surface area contributed by atoms with Crippen LogP contribution >= 0.6 is 23.4 Å². The molecule has 0 aliphatic rings. The number of nitrogens with zero attached hydrogens (tertiary/aromatic N) is 1. The Kier molecular flexibility index (Phi) is 4.05. The lowest BCUT2D eigenvalue weighted by molar-refractivity contribution is 0.622. The van der Waals surface area contributed by atoms with Crippen LogP contribution in [0, 0.1) is 0 Å². The van der Waals surface area contributed by atoms with Gasteiger partial charge in [0.25, 0.3) is 0 Å². The third-order valence-electron chi connectivity index (χ3n) is 2.90. The van der Waals surface area contributed by atoms with Gasteiger partial charge in [0, 0.05) is 23.4 Å². The first-order valence-corrected chi connectivity index (χ1v) is 7.54. The van der Waals surface area contributed by atoms with Crippen LogP contribution in [0.5, 0.6) is 0 Å². The highest BCUT2D eigenvalue weighted by atomic mass is 35.5. The summed E-state index contributed by atoms with van der Waals surface area (Å²) < 4.78 is 2.31. The molecule has 1 aromatic carbocycles. The number of fused-ring (bicyclic) bond motifs is 1. The largest absolute Gasteiger partial charge is 0.345 e. The highest BCUT2D eigenvalue weighted by molar-refractivity contribution is 7.98. The van der Waals surface area contributed by atoms with Crippen molar-refractivity contribution in [2.45, 2.75) is 32.6 Å². The van der Waals surface area contributed by atoms with Crippen LogP contribution in [-0.4, -0.2) is 10.3 Å². The molecule has 2 rings (SSSR count). The number of thioether (sulfide) groups is 1. The lowest BCUT2D eigenvalue weighted by atomic mass is 10.2. The fourth-order valence-electron chi connectivity index (χ4n) is 2.10. The van der Waals surface area contributed by atoms with E-state index in [1.165, 1.54) is 16.5 Å². The number of hydrogen-bond donors (Lipinski definition) is 0. The molecule has 0 amide bonds. The molecule has 0 radical (unpaired) electrons. The van der Waals surface area contributed by atoms with Crippen LogP contribution in [0.25, 0.3) is 10.9 Å². The van der Waals surface area contributed by atoms with Crippen LogP contribution < -0.4 is 0 Å². The van der Waals surface area contributed by atoms with Crippen molar-refractivity contribution >= 4 is 34.3 Å². The van der Waals surface area contributed by atoms with E-state index < -0.39 is 0 Å². The fourth-order valence-corrected chi connectivity index (χ4v) is 3.03. The minimum absolute atomic E-state index is 0.469. The molecular formula is C14H18ClNS. The van der Waals surface area contributed by atoms with Crippen LogP contribution in [0.1, 0.15) is 32.4 Å². The summed E-state index contributed by atoms with van der Waals surface area (Å²) in [5.41, 5.74) is 2.60. The summed E-state index contributed by atoms with van der Waals surface area (Å²) in [6.45, 7) is 6.60. The van der Waals surface area contributed by atoms with Crippen molar-refractivity contribution in [1.82, 2.24) is 4.57 Å². The summed E-state index contributed by atoms with van der Waals surface area (Å²) in [7, 11) is 0.